The molecule has 17 heavy (non-hydrogen) atoms. The molecule has 0 aliphatic carbocycles. The summed E-state index contributed by atoms with van der Waals surface area (Å²) in [6.07, 6.45) is 0. The first-order chi connectivity index (χ1) is 8.29. The van der Waals surface area contributed by atoms with Crippen LogP contribution in [0.25, 0.3) is 20.8 Å². The zero-order valence-electron chi connectivity index (χ0n) is 9.65. The van der Waals surface area contributed by atoms with Gasteiger partial charge in [-0.25, -0.2) is 4.98 Å². The summed E-state index contributed by atoms with van der Waals surface area (Å²) in [5.41, 5.74) is 2.27. The van der Waals surface area contributed by atoms with Crippen molar-refractivity contribution < 1.29 is 0 Å². The van der Waals surface area contributed by atoms with Crippen molar-refractivity contribution in [2.75, 3.05) is 12.4 Å². The highest BCUT2D eigenvalue weighted by atomic mass is 32.1. The lowest BCUT2D eigenvalue weighted by Gasteiger charge is -2.00. The van der Waals surface area contributed by atoms with Crippen LogP contribution in [0.1, 0.15) is 4.88 Å². The van der Waals surface area contributed by atoms with Crippen LogP contribution in [0.5, 0.6) is 0 Å². The Morgan fingerprint density at radius 2 is 2.12 bits per heavy atom. The molecule has 86 valence electrons. The van der Waals surface area contributed by atoms with E-state index in [0.29, 0.717) is 0 Å². The van der Waals surface area contributed by atoms with Crippen LogP contribution < -0.4 is 5.32 Å². The van der Waals surface area contributed by atoms with E-state index in [4.69, 9.17) is 4.98 Å². The maximum Gasteiger partial charge on any atom is 0.126 e. The van der Waals surface area contributed by atoms with Gasteiger partial charge < -0.3 is 5.32 Å². The van der Waals surface area contributed by atoms with E-state index in [1.807, 2.05) is 7.05 Å². The van der Waals surface area contributed by atoms with Crippen molar-refractivity contribution in [2.45, 2.75) is 6.92 Å². The summed E-state index contributed by atoms with van der Waals surface area (Å²) in [6, 6.07) is 8.43. The first-order valence-electron chi connectivity index (χ1n) is 5.41. The molecule has 2 nitrogen and oxygen atoms in total. The number of fused-ring (bicyclic) bond motifs is 1. The van der Waals surface area contributed by atoms with Crippen molar-refractivity contribution in [2.24, 2.45) is 0 Å². The number of aromatic nitrogens is 1. The largest absolute Gasteiger partial charge is 0.387 e. The fraction of sp³-hybridized carbons (Fsp3) is 0.154. The average Bonchev–Trinajstić information content (AvgIpc) is 2.93. The van der Waals surface area contributed by atoms with Crippen molar-refractivity contribution >= 4 is 38.6 Å². The van der Waals surface area contributed by atoms with Crippen LogP contribution >= 0.6 is 22.7 Å². The van der Waals surface area contributed by atoms with Crippen LogP contribution in [0, 0.1) is 6.92 Å². The van der Waals surface area contributed by atoms with Crippen molar-refractivity contribution in [3.63, 3.8) is 0 Å². The van der Waals surface area contributed by atoms with Crippen LogP contribution in [0.2, 0.25) is 0 Å². The number of rotatable bonds is 2. The minimum Gasteiger partial charge on any atom is -0.387 e. The van der Waals surface area contributed by atoms with E-state index >= 15 is 0 Å². The molecule has 0 saturated heterocycles. The van der Waals surface area contributed by atoms with Gasteiger partial charge in [-0.1, -0.05) is 6.07 Å². The summed E-state index contributed by atoms with van der Waals surface area (Å²) in [5, 5.41) is 6.55. The minimum absolute atomic E-state index is 1.07. The molecule has 0 radical (unpaired) electrons. The van der Waals surface area contributed by atoms with Gasteiger partial charge >= 0.3 is 0 Å². The van der Waals surface area contributed by atoms with E-state index in [1.54, 1.807) is 22.7 Å². The highest BCUT2D eigenvalue weighted by Gasteiger charge is 2.10. The molecule has 0 bridgehead atoms. The molecule has 0 aliphatic heterocycles. The highest BCUT2D eigenvalue weighted by Crippen LogP contribution is 2.35. The fourth-order valence-corrected chi connectivity index (χ4v) is 3.69. The van der Waals surface area contributed by atoms with Crippen molar-refractivity contribution in [3.05, 3.63) is 34.5 Å². The first kappa shape index (κ1) is 10.7. The third kappa shape index (κ3) is 1.73. The second-order valence-electron chi connectivity index (χ2n) is 3.81. The summed E-state index contributed by atoms with van der Waals surface area (Å²) in [5.74, 6) is 0. The Morgan fingerprint density at radius 1 is 1.24 bits per heavy atom. The van der Waals surface area contributed by atoms with Gasteiger partial charge in [-0.15, -0.1) is 22.7 Å². The minimum atomic E-state index is 1.07. The predicted molar refractivity (Wildman–Crippen MR) is 77.2 cm³/mol. The predicted octanol–water partition coefficient (Wildman–Crippen LogP) is 4.37. The van der Waals surface area contributed by atoms with E-state index in [0.717, 1.165) is 10.5 Å². The summed E-state index contributed by atoms with van der Waals surface area (Å²) >= 11 is 3.47. The number of anilines is 1. The molecular weight excluding hydrogens is 248 g/mol. The molecule has 0 amide bonds. The maximum absolute atomic E-state index is 4.74. The van der Waals surface area contributed by atoms with Crippen LogP contribution in [0.15, 0.2) is 29.6 Å². The Bertz CT molecular complexity index is 653. The van der Waals surface area contributed by atoms with Gasteiger partial charge in [0, 0.05) is 17.3 Å². The SMILES string of the molecule is CNc1c(C)sc2nc(-c3cccs3)ccc12. The molecule has 0 spiro atoms. The van der Waals surface area contributed by atoms with E-state index in [9.17, 15) is 0 Å². The molecule has 0 fully saturated rings. The van der Waals surface area contributed by atoms with Gasteiger partial charge in [-0.3, -0.25) is 0 Å². The van der Waals surface area contributed by atoms with Crippen molar-refractivity contribution in [3.8, 4) is 10.6 Å². The second kappa shape index (κ2) is 4.13. The molecule has 0 atom stereocenters. The van der Waals surface area contributed by atoms with Crippen LogP contribution in [-0.2, 0) is 0 Å². The molecule has 3 aromatic heterocycles. The maximum atomic E-state index is 4.74. The average molecular weight is 260 g/mol. The topological polar surface area (TPSA) is 24.9 Å². The molecule has 1 N–H and O–H groups in total. The van der Waals surface area contributed by atoms with Gasteiger partial charge in [-0.05, 0) is 30.5 Å². The monoisotopic (exact) mass is 260 g/mol. The molecule has 0 aromatic carbocycles. The summed E-state index contributed by atoms with van der Waals surface area (Å²) in [7, 11) is 1.96. The van der Waals surface area contributed by atoms with Gasteiger partial charge in [0.15, 0.2) is 0 Å². The van der Waals surface area contributed by atoms with Gasteiger partial charge in [-0.2, -0.15) is 0 Å². The molecular formula is C13H12N2S2. The molecule has 0 unspecified atom stereocenters. The fourth-order valence-electron chi connectivity index (χ4n) is 1.97. The van der Waals surface area contributed by atoms with E-state index in [2.05, 4.69) is 41.9 Å². The Hall–Kier alpha value is -1.39. The highest BCUT2D eigenvalue weighted by molar-refractivity contribution is 7.19. The van der Waals surface area contributed by atoms with Gasteiger partial charge in [0.2, 0.25) is 0 Å². The molecule has 3 heterocycles. The number of hydrogen-bond acceptors (Lipinski definition) is 4. The first-order valence-corrected chi connectivity index (χ1v) is 7.11. The zero-order valence-corrected chi connectivity index (χ0v) is 11.3. The van der Waals surface area contributed by atoms with E-state index < -0.39 is 0 Å². The van der Waals surface area contributed by atoms with Gasteiger partial charge in [0.05, 0.1) is 16.3 Å². The van der Waals surface area contributed by atoms with Crippen molar-refractivity contribution in [1.82, 2.24) is 4.98 Å². The quantitative estimate of drug-likeness (QED) is 0.740. The number of aryl methyl sites for hydroxylation is 1. The van der Waals surface area contributed by atoms with E-state index in [-0.39, 0.29) is 0 Å². The zero-order chi connectivity index (χ0) is 11.8. The second-order valence-corrected chi connectivity index (χ2v) is 5.96. The molecule has 3 aromatic rings. The summed E-state index contributed by atoms with van der Waals surface area (Å²) in [4.78, 5) is 8.36. The Morgan fingerprint density at radius 3 is 2.82 bits per heavy atom. The number of thiophene rings is 2. The smallest absolute Gasteiger partial charge is 0.126 e. The van der Waals surface area contributed by atoms with Crippen molar-refractivity contribution in [1.29, 1.82) is 0 Å². The van der Waals surface area contributed by atoms with Crippen LogP contribution in [0.3, 0.4) is 0 Å². The number of hydrogen-bond donors (Lipinski definition) is 1. The molecule has 3 rings (SSSR count). The molecule has 0 aliphatic rings. The summed E-state index contributed by atoms with van der Waals surface area (Å²) in [6.45, 7) is 2.13. The van der Waals surface area contributed by atoms with Gasteiger partial charge in [0.1, 0.15) is 4.83 Å². The number of nitrogens with zero attached hydrogens (tertiary/aromatic N) is 1. The molecule has 0 saturated carbocycles. The van der Waals surface area contributed by atoms with Gasteiger partial charge in [0.25, 0.3) is 0 Å². The van der Waals surface area contributed by atoms with Crippen LogP contribution in [0.4, 0.5) is 5.69 Å². The summed E-state index contributed by atoms with van der Waals surface area (Å²) < 4.78 is 0. The van der Waals surface area contributed by atoms with Crippen LogP contribution in [-0.4, -0.2) is 12.0 Å². The Balaban J connectivity index is 2.21. The third-order valence-corrected chi connectivity index (χ3v) is 4.66. The lowest BCUT2D eigenvalue weighted by atomic mass is 10.2. The number of pyridine rings is 1. The number of nitrogens with one attached hydrogen (secondary N) is 1. The Labute approximate surface area is 108 Å². The lowest BCUT2D eigenvalue weighted by molar-refractivity contribution is 1.44. The molecule has 4 heteroatoms. The Kier molecular flexibility index (Phi) is 2.61. The third-order valence-electron chi connectivity index (χ3n) is 2.76. The lowest BCUT2D eigenvalue weighted by Crippen LogP contribution is -1.88. The normalized spacial score (nSPS) is 10.9. The van der Waals surface area contributed by atoms with E-state index in [1.165, 1.54) is 20.8 Å². The standard InChI is InChI=1S/C13H12N2S2/c1-8-12(14-2)9-5-6-10(15-13(9)17-8)11-4-3-7-16-11/h3-7,14H,1-2H3.